The van der Waals surface area contributed by atoms with Gasteiger partial charge in [0.05, 0.1) is 18.7 Å². The molecule has 1 fully saturated rings. The van der Waals surface area contributed by atoms with E-state index in [2.05, 4.69) is 23.7 Å². The summed E-state index contributed by atoms with van der Waals surface area (Å²) in [5.74, 6) is 0.715. The van der Waals surface area contributed by atoms with Crippen molar-refractivity contribution in [1.29, 1.82) is 0 Å². The van der Waals surface area contributed by atoms with Gasteiger partial charge in [-0.25, -0.2) is 0 Å². The van der Waals surface area contributed by atoms with E-state index < -0.39 is 0 Å². The van der Waals surface area contributed by atoms with Crippen LogP contribution in [0, 0.1) is 5.41 Å². The van der Waals surface area contributed by atoms with Crippen LogP contribution in [0.2, 0.25) is 0 Å². The number of ether oxygens (including phenoxy) is 1. The highest BCUT2D eigenvalue weighted by Gasteiger charge is 2.44. The van der Waals surface area contributed by atoms with Gasteiger partial charge in [-0.1, -0.05) is 20.3 Å². The lowest BCUT2D eigenvalue weighted by atomic mass is 9.83. The van der Waals surface area contributed by atoms with Crippen LogP contribution in [0.5, 0.6) is 0 Å². The van der Waals surface area contributed by atoms with Crippen LogP contribution < -0.4 is 5.73 Å². The molecule has 18 heavy (non-hydrogen) atoms. The lowest BCUT2D eigenvalue weighted by Gasteiger charge is -2.39. The predicted molar refractivity (Wildman–Crippen MR) is 74.7 cm³/mol. The minimum absolute atomic E-state index is 0.177. The summed E-state index contributed by atoms with van der Waals surface area (Å²) in [5, 5.41) is 0. The van der Waals surface area contributed by atoms with Crippen LogP contribution in [-0.2, 0) is 4.74 Å². The Bertz CT molecular complexity index is 327. The molecule has 1 spiro atoms. The molecule has 1 unspecified atom stereocenters. The molecule has 2 aliphatic rings. The van der Waals surface area contributed by atoms with E-state index in [1.165, 1.54) is 32.1 Å². The monoisotopic (exact) mass is 253 g/mol. The van der Waals surface area contributed by atoms with Crippen LogP contribution >= 0.6 is 0 Å². The molecule has 0 amide bonds. The van der Waals surface area contributed by atoms with Gasteiger partial charge in [0, 0.05) is 13.7 Å². The van der Waals surface area contributed by atoms with Crippen molar-refractivity contribution in [2.24, 2.45) is 16.1 Å². The Labute approximate surface area is 111 Å². The van der Waals surface area contributed by atoms with Crippen LogP contribution in [0.3, 0.4) is 0 Å². The van der Waals surface area contributed by atoms with Crippen molar-refractivity contribution in [3.8, 4) is 0 Å². The van der Waals surface area contributed by atoms with E-state index in [-0.39, 0.29) is 5.54 Å². The molecule has 2 N–H and O–H groups in total. The number of rotatable bonds is 3. The first kappa shape index (κ1) is 13.7. The van der Waals surface area contributed by atoms with Crippen molar-refractivity contribution >= 4 is 5.96 Å². The molecular weight excluding hydrogens is 226 g/mol. The highest BCUT2D eigenvalue weighted by atomic mass is 16.5. The van der Waals surface area contributed by atoms with Gasteiger partial charge >= 0.3 is 0 Å². The predicted octanol–water partition coefficient (Wildman–Crippen LogP) is 1.99. The SMILES string of the molecule is COCCN1C(N)=NCC12CCCC(C)(C)CC2. The van der Waals surface area contributed by atoms with Crippen molar-refractivity contribution < 1.29 is 4.74 Å². The average molecular weight is 253 g/mol. The van der Waals surface area contributed by atoms with Gasteiger partial charge in [0.25, 0.3) is 0 Å². The number of nitrogens with two attached hydrogens (primary N) is 1. The van der Waals surface area contributed by atoms with Crippen molar-refractivity contribution in [3.63, 3.8) is 0 Å². The topological polar surface area (TPSA) is 50.9 Å². The highest BCUT2D eigenvalue weighted by Crippen LogP contribution is 2.42. The van der Waals surface area contributed by atoms with E-state index in [0.29, 0.717) is 11.4 Å². The molecule has 4 nitrogen and oxygen atoms in total. The smallest absolute Gasteiger partial charge is 0.191 e. The summed E-state index contributed by atoms with van der Waals surface area (Å²) in [7, 11) is 1.74. The summed E-state index contributed by atoms with van der Waals surface area (Å²) in [6.07, 6.45) is 6.27. The fourth-order valence-electron chi connectivity index (χ4n) is 3.32. The zero-order chi connectivity index (χ0) is 13.2. The second kappa shape index (κ2) is 5.08. The number of guanidine groups is 1. The largest absolute Gasteiger partial charge is 0.383 e. The summed E-state index contributed by atoms with van der Waals surface area (Å²) in [5.41, 5.74) is 6.71. The molecule has 1 heterocycles. The van der Waals surface area contributed by atoms with Crippen LogP contribution in [0.1, 0.15) is 46.0 Å². The normalized spacial score (nSPS) is 31.5. The molecule has 0 saturated heterocycles. The lowest BCUT2D eigenvalue weighted by molar-refractivity contribution is 0.116. The van der Waals surface area contributed by atoms with E-state index in [9.17, 15) is 0 Å². The van der Waals surface area contributed by atoms with E-state index in [0.717, 1.165) is 19.7 Å². The van der Waals surface area contributed by atoms with Gasteiger partial charge < -0.3 is 15.4 Å². The third-order valence-corrected chi connectivity index (χ3v) is 4.67. The molecule has 4 heteroatoms. The fraction of sp³-hybridized carbons (Fsp3) is 0.929. The molecule has 1 aliphatic heterocycles. The number of aliphatic imine (C=N–C) groups is 1. The lowest BCUT2D eigenvalue weighted by Crippen LogP contribution is -2.52. The molecule has 0 aromatic heterocycles. The van der Waals surface area contributed by atoms with E-state index >= 15 is 0 Å². The molecule has 1 atom stereocenters. The van der Waals surface area contributed by atoms with Gasteiger partial charge in [-0.05, 0) is 31.1 Å². The second-order valence-corrected chi connectivity index (χ2v) is 6.56. The first-order valence-corrected chi connectivity index (χ1v) is 7.06. The first-order valence-electron chi connectivity index (χ1n) is 7.06. The molecule has 1 saturated carbocycles. The molecule has 0 radical (unpaired) electrons. The zero-order valence-electron chi connectivity index (χ0n) is 12.0. The maximum absolute atomic E-state index is 6.06. The summed E-state index contributed by atoms with van der Waals surface area (Å²) >= 11 is 0. The molecule has 1 aliphatic carbocycles. The van der Waals surface area contributed by atoms with Crippen LogP contribution in [0.4, 0.5) is 0 Å². The Kier molecular flexibility index (Phi) is 3.85. The molecule has 0 aromatic carbocycles. The molecular formula is C14H27N3O. The Morgan fingerprint density at radius 3 is 2.78 bits per heavy atom. The number of hydrogen-bond donors (Lipinski definition) is 1. The minimum atomic E-state index is 0.177. The van der Waals surface area contributed by atoms with Gasteiger partial charge in [0.2, 0.25) is 0 Å². The molecule has 0 bridgehead atoms. The third-order valence-electron chi connectivity index (χ3n) is 4.67. The Hall–Kier alpha value is -0.770. The van der Waals surface area contributed by atoms with Crippen molar-refractivity contribution in [2.45, 2.75) is 51.5 Å². The highest BCUT2D eigenvalue weighted by molar-refractivity contribution is 5.81. The standard InChI is InChI=1S/C14H27N3O/c1-13(2)5-4-6-14(8-7-13)11-16-12(15)17(14)9-10-18-3/h4-11H2,1-3H3,(H2,15,16). The Balaban J connectivity index is 2.09. The summed E-state index contributed by atoms with van der Waals surface area (Å²) in [6.45, 7) is 7.22. The molecule has 104 valence electrons. The zero-order valence-corrected chi connectivity index (χ0v) is 12.0. The summed E-state index contributed by atoms with van der Waals surface area (Å²) < 4.78 is 5.21. The van der Waals surface area contributed by atoms with Crippen molar-refractivity contribution in [2.75, 3.05) is 26.8 Å². The van der Waals surface area contributed by atoms with Gasteiger partial charge in [-0.2, -0.15) is 0 Å². The van der Waals surface area contributed by atoms with Gasteiger partial charge in [0.1, 0.15) is 0 Å². The van der Waals surface area contributed by atoms with Crippen molar-refractivity contribution in [3.05, 3.63) is 0 Å². The fourth-order valence-corrected chi connectivity index (χ4v) is 3.32. The summed E-state index contributed by atoms with van der Waals surface area (Å²) in [4.78, 5) is 6.81. The summed E-state index contributed by atoms with van der Waals surface area (Å²) in [6, 6.07) is 0. The van der Waals surface area contributed by atoms with Crippen LogP contribution in [0.15, 0.2) is 4.99 Å². The Morgan fingerprint density at radius 1 is 1.28 bits per heavy atom. The van der Waals surface area contributed by atoms with Crippen molar-refractivity contribution in [1.82, 2.24) is 4.90 Å². The average Bonchev–Trinajstić information content (AvgIpc) is 2.52. The van der Waals surface area contributed by atoms with Crippen LogP contribution in [0.25, 0.3) is 0 Å². The number of hydrogen-bond acceptors (Lipinski definition) is 4. The molecule has 2 rings (SSSR count). The molecule has 0 aromatic rings. The minimum Gasteiger partial charge on any atom is -0.383 e. The quantitative estimate of drug-likeness (QED) is 0.837. The number of methoxy groups -OCH3 is 1. The van der Waals surface area contributed by atoms with E-state index in [1.807, 2.05) is 0 Å². The van der Waals surface area contributed by atoms with Crippen LogP contribution in [-0.4, -0.2) is 43.2 Å². The van der Waals surface area contributed by atoms with Gasteiger partial charge in [-0.15, -0.1) is 0 Å². The van der Waals surface area contributed by atoms with E-state index in [1.54, 1.807) is 7.11 Å². The van der Waals surface area contributed by atoms with Gasteiger partial charge in [0.15, 0.2) is 5.96 Å². The maximum atomic E-state index is 6.06. The number of nitrogens with zero attached hydrogens (tertiary/aromatic N) is 2. The maximum Gasteiger partial charge on any atom is 0.191 e. The first-order chi connectivity index (χ1) is 8.49. The van der Waals surface area contributed by atoms with E-state index in [4.69, 9.17) is 10.5 Å². The second-order valence-electron chi connectivity index (χ2n) is 6.56. The van der Waals surface area contributed by atoms with Gasteiger partial charge in [-0.3, -0.25) is 4.99 Å². The third kappa shape index (κ3) is 2.63. The Morgan fingerprint density at radius 2 is 2.06 bits per heavy atom.